The number of fused-ring (bicyclic) bond motifs is 2. The number of benzene rings is 2. The largest absolute Gasteiger partial charge is 0.358 e. The number of nitrogens with zero attached hydrogens (tertiary/aromatic N) is 5. The van der Waals surface area contributed by atoms with Gasteiger partial charge in [-0.2, -0.15) is 0 Å². The predicted molar refractivity (Wildman–Crippen MR) is 148 cm³/mol. The van der Waals surface area contributed by atoms with Gasteiger partial charge in [-0.3, -0.25) is 19.4 Å². The van der Waals surface area contributed by atoms with E-state index in [1.54, 1.807) is 16.4 Å². The van der Waals surface area contributed by atoms with Gasteiger partial charge in [-0.15, -0.1) is 0 Å². The quantitative estimate of drug-likeness (QED) is 0.113. The SMILES string of the molecule is CC[C@H](Nc1ncnc2[nH]cnc12)c1nc2cccc(CCCCCC(=O)NO)c2c(=O)n1-c1ccccc1. The van der Waals surface area contributed by atoms with Crippen molar-refractivity contribution in [3.8, 4) is 5.69 Å². The predicted octanol–water partition coefficient (Wildman–Crippen LogP) is 4.22. The molecule has 0 unspecified atom stereocenters. The monoisotopic (exact) mass is 526 g/mol. The second-order valence-corrected chi connectivity index (χ2v) is 9.28. The third kappa shape index (κ3) is 5.48. The van der Waals surface area contributed by atoms with E-state index in [2.05, 4.69) is 25.3 Å². The molecule has 5 aromatic rings. The molecule has 11 nitrogen and oxygen atoms in total. The Hall–Kier alpha value is -4.64. The van der Waals surface area contributed by atoms with Crippen molar-refractivity contribution in [1.82, 2.24) is 35.0 Å². The van der Waals surface area contributed by atoms with Crippen LogP contribution in [0.25, 0.3) is 27.8 Å². The summed E-state index contributed by atoms with van der Waals surface area (Å²) in [5, 5.41) is 12.7. The van der Waals surface area contributed by atoms with Crippen LogP contribution in [0.2, 0.25) is 0 Å². The van der Waals surface area contributed by atoms with E-state index < -0.39 is 5.91 Å². The van der Waals surface area contributed by atoms with Crippen LogP contribution in [0, 0.1) is 0 Å². The third-order valence-electron chi connectivity index (χ3n) is 6.75. The molecule has 0 aliphatic rings. The van der Waals surface area contributed by atoms with Crippen molar-refractivity contribution >= 4 is 33.8 Å². The van der Waals surface area contributed by atoms with Crippen LogP contribution in [0.15, 0.2) is 66.0 Å². The van der Waals surface area contributed by atoms with E-state index in [4.69, 9.17) is 10.2 Å². The number of anilines is 1. The summed E-state index contributed by atoms with van der Waals surface area (Å²) in [6.45, 7) is 2.03. The molecule has 2 aromatic carbocycles. The molecular formula is C28H30N8O3. The average molecular weight is 527 g/mol. The van der Waals surface area contributed by atoms with E-state index in [0.29, 0.717) is 53.0 Å². The molecule has 1 atom stereocenters. The average Bonchev–Trinajstić information content (AvgIpc) is 3.46. The Morgan fingerprint density at radius 3 is 2.69 bits per heavy atom. The molecule has 200 valence electrons. The summed E-state index contributed by atoms with van der Waals surface area (Å²) in [5.41, 5.74) is 5.04. The molecule has 0 saturated heterocycles. The molecule has 5 rings (SSSR count). The number of rotatable bonds is 11. The van der Waals surface area contributed by atoms with E-state index in [0.717, 1.165) is 24.1 Å². The van der Waals surface area contributed by atoms with Crippen LogP contribution in [0.3, 0.4) is 0 Å². The Labute approximate surface area is 224 Å². The number of imidazole rings is 1. The van der Waals surface area contributed by atoms with Crippen molar-refractivity contribution in [2.24, 2.45) is 0 Å². The molecular weight excluding hydrogens is 496 g/mol. The van der Waals surface area contributed by atoms with Gasteiger partial charge < -0.3 is 10.3 Å². The molecule has 0 saturated carbocycles. The number of carbonyl (C=O) groups is 1. The molecule has 0 bridgehead atoms. The van der Waals surface area contributed by atoms with Crippen LogP contribution < -0.4 is 16.4 Å². The highest BCUT2D eigenvalue weighted by atomic mass is 16.5. The second-order valence-electron chi connectivity index (χ2n) is 9.28. The first-order valence-electron chi connectivity index (χ1n) is 13.0. The molecule has 3 aromatic heterocycles. The molecule has 0 spiro atoms. The standard InChI is InChI=1S/C28H30N8O3/c1-2-20(33-26-24-25(30-16-29-24)31-17-32-26)27-34-21-14-9-11-18(10-5-3-8-15-22(37)35-39)23(21)28(38)36(27)19-12-6-4-7-13-19/h4,6-7,9,11-14,16-17,20,39H,2-3,5,8,10,15H2,1H3,(H,35,37)(H2,29,30,31,32,33)/t20-/m0/s1. The van der Waals surface area contributed by atoms with Crippen LogP contribution in [-0.2, 0) is 11.2 Å². The fourth-order valence-corrected chi connectivity index (χ4v) is 4.80. The number of unbranched alkanes of at least 4 members (excludes halogenated alkanes) is 2. The van der Waals surface area contributed by atoms with Gasteiger partial charge in [0.1, 0.15) is 17.7 Å². The fourth-order valence-electron chi connectivity index (χ4n) is 4.80. The first-order valence-corrected chi connectivity index (χ1v) is 13.0. The number of nitrogens with one attached hydrogen (secondary N) is 3. The summed E-state index contributed by atoms with van der Waals surface area (Å²) >= 11 is 0. The number of hydroxylamine groups is 1. The van der Waals surface area contributed by atoms with Crippen LogP contribution in [-0.4, -0.2) is 40.6 Å². The summed E-state index contributed by atoms with van der Waals surface area (Å²) in [4.78, 5) is 46.5. The molecule has 0 aliphatic carbocycles. The van der Waals surface area contributed by atoms with Crippen molar-refractivity contribution in [2.75, 3.05) is 5.32 Å². The summed E-state index contributed by atoms with van der Waals surface area (Å²) in [6.07, 6.45) is 6.88. The van der Waals surface area contributed by atoms with E-state index in [-0.39, 0.29) is 18.0 Å². The summed E-state index contributed by atoms with van der Waals surface area (Å²) < 4.78 is 1.68. The number of para-hydroxylation sites is 1. The van der Waals surface area contributed by atoms with Crippen molar-refractivity contribution in [3.63, 3.8) is 0 Å². The number of hydrogen-bond acceptors (Lipinski definition) is 8. The number of H-pyrrole nitrogens is 1. The first kappa shape index (κ1) is 26.0. The lowest BCUT2D eigenvalue weighted by atomic mass is 10.0. The minimum absolute atomic E-state index is 0.135. The lowest BCUT2D eigenvalue weighted by Crippen LogP contribution is -2.29. The zero-order chi connectivity index (χ0) is 27.2. The third-order valence-corrected chi connectivity index (χ3v) is 6.75. The van der Waals surface area contributed by atoms with Crippen molar-refractivity contribution in [3.05, 3.63) is 82.9 Å². The highest BCUT2D eigenvalue weighted by Gasteiger charge is 2.23. The number of aromatic nitrogens is 6. The molecule has 11 heteroatoms. The highest BCUT2D eigenvalue weighted by Crippen LogP contribution is 2.27. The summed E-state index contributed by atoms with van der Waals surface area (Å²) in [6, 6.07) is 14.9. The van der Waals surface area contributed by atoms with Gasteiger partial charge in [0, 0.05) is 6.42 Å². The molecule has 4 N–H and O–H groups in total. The minimum Gasteiger partial charge on any atom is -0.358 e. The van der Waals surface area contributed by atoms with Gasteiger partial charge in [0.15, 0.2) is 11.5 Å². The molecule has 0 fully saturated rings. The Morgan fingerprint density at radius 1 is 1.05 bits per heavy atom. The molecule has 0 aliphatic heterocycles. The van der Waals surface area contributed by atoms with Crippen molar-refractivity contribution < 1.29 is 10.0 Å². The molecule has 1 amide bonds. The minimum atomic E-state index is -0.392. The first-order chi connectivity index (χ1) is 19.1. The van der Waals surface area contributed by atoms with Crippen LogP contribution in [0.1, 0.15) is 56.5 Å². The number of hydrogen-bond donors (Lipinski definition) is 4. The van der Waals surface area contributed by atoms with Gasteiger partial charge in [0.05, 0.1) is 29.0 Å². The smallest absolute Gasteiger partial charge is 0.266 e. The van der Waals surface area contributed by atoms with Gasteiger partial charge in [0.2, 0.25) is 5.91 Å². The van der Waals surface area contributed by atoms with Crippen LogP contribution in [0.5, 0.6) is 0 Å². The molecule has 39 heavy (non-hydrogen) atoms. The van der Waals surface area contributed by atoms with Crippen LogP contribution >= 0.6 is 0 Å². The normalized spacial score (nSPS) is 12.1. The Kier molecular flexibility index (Phi) is 7.88. The maximum absolute atomic E-state index is 14.2. The Bertz CT molecular complexity index is 1650. The zero-order valence-electron chi connectivity index (χ0n) is 21.6. The van der Waals surface area contributed by atoms with Gasteiger partial charge in [-0.05, 0) is 49.4 Å². The van der Waals surface area contributed by atoms with Gasteiger partial charge in [0.25, 0.3) is 5.56 Å². The van der Waals surface area contributed by atoms with Crippen LogP contribution in [0.4, 0.5) is 5.82 Å². The number of aromatic amines is 1. The van der Waals surface area contributed by atoms with E-state index >= 15 is 0 Å². The number of aryl methyl sites for hydroxylation is 1. The maximum atomic E-state index is 14.2. The molecule has 0 radical (unpaired) electrons. The topological polar surface area (TPSA) is 151 Å². The van der Waals surface area contributed by atoms with E-state index in [1.165, 1.54) is 6.33 Å². The Balaban J connectivity index is 1.55. The maximum Gasteiger partial charge on any atom is 0.266 e. The lowest BCUT2D eigenvalue weighted by Gasteiger charge is -2.22. The number of amides is 1. The molecule has 3 heterocycles. The van der Waals surface area contributed by atoms with Gasteiger partial charge in [-0.1, -0.05) is 43.7 Å². The van der Waals surface area contributed by atoms with Gasteiger partial charge in [-0.25, -0.2) is 25.4 Å². The van der Waals surface area contributed by atoms with Crippen molar-refractivity contribution in [2.45, 2.75) is 51.5 Å². The van der Waals surface area contributed by atoms with Gasteiger partial charge >= 0.3 is 0 Å². The lowest BCUT2D eigenvalue weighted by molar-refractivity contribution is -0.129. The second kappa shape index (κ2) is 11.8. The van der Waals surface area contributed by atoms with E-state index in [9.17, 15) is 9.59 Å². The van der Waals surface area contributed by atoms with E-state index in [1.807, 2.05) is 55.5 Å². The summed E-state index contributed by atoms with van der Waals surface area (Å²) in [7, 11) is 0. The Morgan fingerprint density at radius 2 is 1.90 bits per heavy atom. The highest BCUT2D eigenvalue weighted by molar-refractivity contribution is 5.83. The zero-order valence-corrected chi connectivity index (χ0v) is 21.6. The fraction of sp³-hybridized carbons (Fsp3) is 0.286. The summed E-state index contributed by atoms with van der Waals surface area (Å²) in [5.74, 6) is 0.748. The number of carbonyl (C=O) groups excluding carboxylic acids is 1. The van der Waals surface area contributed by atoms with Crippen molar-refractivity contribution in [1.29, 1.82) is 0 Å².